The van der Waals surface area contributed by atoms with Gasteiger partial charge in [0.25, 0.3) is 10.0 Å². The maximum absolute atomic E-state index is 12.4. The molecule has 0 aromatic carbocycles. The maximum atomic E-state index is 12.4. The number of carbonyl (C=O) groups excluding carboxylic acids is 1. The van der Waals surface area contributed by atoms with Gasteiger partial charge in [-0.15, -0.1) is 11.3 Å². The van der Waals surface area contributed by atoms with Gasteiger partial charge in [-0.1, -0.05) is 0 Å². The van der Waals surface area contributed by atoms with Crippen LogP contribution in [0.3, 0.4) is 0 Å². The average molecular weight is 402 g/mol. The van der Waals surface area contributed by atoms with Crippen molar-refractivity contribution in [2.45, 2.75) is 17.7 Å². The molecule has 0 saturated heterocycles. The Kier molecular flexibility index (Phi) is 6.71. The highest BCUT2D eigenvalue weighted by atomic mass is 32.2. The summed E-state index contributed by atoms with van der Waals surface area (Å²) < 4.78 is 41.9. The summed E-state index contributed by atoms with van der Waals surface area (Å²) in [5.41, 5.74) is 0.469. The number of rotatable bonds is 8. The van der Waals surface area contributed by atoms with Crippen LogP contribution < -0.4 is 19.5 Å². The lowest BCUT2D eigenvalue weighted by atomic mass is 10.4. The topological polar surface area (TPSA) is 129 Å². The molecule has 2 amide bonds. The van der Waals surface area contributed by atoms with Crippen LogP contribution in [0, 0.1) is 0 Å². The van der Waals surface area contributed by atoms with Crippen molar-refractivity contribution in [3.05, 3.63) is 23.1 Å². The summed E-state index contributed by atoms with van der Waals surface area (Å²) in [6.07, 6.45) is 0. The van der Waals surface area contributed by atoms with E-state index in [-0.39, 0.29) is 28.5 Å². The fraction of sp³-hybridized carbons (Fsp3) is 0.357. The van der Waals surface area contributed by atoms with Crippen LogP contribution in [0.4, 0.5) is 10.7 Å². The molecule has 12 heteroatoms. The number of carbonyl (C=O) groups is 1. The summed E-state index contributed by atoms with van der Waals surface area (Å²) >= 11 is 0.986. The first kappa shape index (κ1) is 19.9. The van der Waals surface area contributed by atoms with Gasteiger partial charge in [-0.2, -0.15) is 9.97 Å². The largest absolute Gasteiger partial charge is 0.481 e. The second-order valence-electron chi connectivity index (χ2n) is 4.71. The van der Waals surface area contributed by atoms with Crippen molar-refractivity contribution in [2.75, 3.05) is 26.1 Å². The standard InChI is InChI=1S/C14H18N4O6S2/c1-4-24-8-9-5-6-25-12(9)26(20,21)18-14(19)17-13-15-10(22-2)7-11(16-13)23-3/h5-7H,4,8H2,1-3H3,(H2,15,16,17,18,19). The summed E-state index contributed by atoms with van der Waals surface area (Å²) in [7, 11) is -1.31. The Labute approximate surface area is 154 Å². The molecule has 2 N–H and O–H groups in total. The van der Waals surface area contributed by atoms with Gasteiger partial charge in [0.2, 0.25) is 17.7 Å². The van der Waals surface area contributed by atoms with Crippen LogP contribution in [-0.4, -0.2) is 45.2 Å². The number of ether oxygens (including phenoxy) is 3. The molecule has 0 bridgehead atoms. The molecule has 0 aliphatic heterocycles. The van der Waals surface area contributed by atoms with E-state index in [4.69, 9.17) is 14.2 Å². The van der Waals surface area contributed by atoms with E-state index in [1.807, 2.05) is 4.72 Å². The zero-order valence-corrected chi connectivity index (χ0v) is 15.9. The van der Waals surface area contributed by atoms with Crippen LogP contribution in [0.25, 0.3) is 0 Å². The van der Waals surface area contributed by atoms with Gasteiger partial charge in [-0.3, -0.25) is 5.32 Å². The predicted octanol–water partition coefficient (Wildman–Crippen LogP) is 1.60. The van der Waals surface area contributed by atoms with Crippen molar-refractivity contribution in [1.29, 1.82) is 0 Å². The molecule has 0 aliphatic carbocycles. The lowest BCUT2D eigenvalue weighted by molar-refractivity contribution is 0.133. The Balaban J connectivity index is 2.13. The first-order chi connectivity index (χ1) is 12.4. The molecule has 0 aliphatic rings. The Bertz CT molecular complexity index is 846. The monoisotopic (exact) mass is 402 g/mol. The molecule has 0 saturated carbocycles. The summed E-state index contributed by atoms with van der Waals surface area (Å²) in [4.78, 5) is 19.8. The third-order valence-electron chi connectivity index (χ3n) is 2.96. The van der Waals surface area contributed by atoms with E-state index < -0.39 is 16.1 Å². The molecule has 0 unspecified atom stereocenters. The number of anilines is 1. The molecule has 10 nitrogen and oxygen atoms in total. The van der Waals surface area contributed by atoms with Gasteiger partial charge in [-0.25, -0.2) is 17.9 Å². The van der Waals surface area contributed by atoms with Gasteiger partial charge in [0, 0.05) is 12.2 Å². The van der Waals surface area contributed by atoms with E-state index >= 15 is 0 Å². The minimum Gasteiger partial charge on any atom is -0.481 e. The zero-order valence-electron chi connectivity index (χ0n) is 14.3. The average Bonchev–Trinajstić information content (AvgIpc) is 3.08. The van der Waals surface area contributed by atoms with Crippen molar-refractivity contribution in [1.82, 2.24) is 14.7 Å². The number of methoxy groups -OCH3 is 2. The van der Waals surface area contributed by atoms with Crippen molar-refractivity contribution < 1.29 is 27.4 Å². The minimum absolute atomic E-state index is 0.00485. The number of amides is 2. The van der Waals surface area contributed by atoms with E-state index in [9.17, 15) is 13.2 Å². The highest BCUT2D eigenvalue weighted by molar-refractivity contribution is 7.92. The van der Waals surface area contributed by atoms with E-state index in [0.29, 0.717) is 12.2 Å². The first-order valence-corrected chi connectivity index (χ1v) is 9.70. The molecule has 2 aromatic heterocycles. The fourth-order valence-corrected chi connectivity index (χ4v) is 4.13. The highest BCUT2D eigenvalue weighted by Crippen LogP contribution is 2.23. The number of thiophene rings is 1. The molecule has 0 fully saturated rings. The summed E-state index contributed by atoms with van der Waals surface area (Å²) in [5.74, 6) is 0.120. The van der Waals surface area contributed by atoms with Crippen LogP contribution >= 0.6 is 11.3 Å². The summed E-state index contributed by atoms with van der Waals surface area (Å²) in [6.45, 7) is 2.38. The molecule has 0 atom stereocenters. The predicted molar refractivity (Wildman–Crippen MR) is 94.1 cm³/mol. The molecule has 2 aromatic rings. The van der Waals surface area contributed by atoms with Crippen molar-refractivity contribution in [3.8, 4) is 11.8 Å². The number of hydrogen-bond donors (Lipinski definition) is 2. The third kappa shape index (κ3) is 5.03. The van der Waals surface area contributed by atoms with Crippen LogP contribution in [0.2, 0.25) is 0 Å². The molecular formula is C14H18N4O6S2. The SMILES string of the molecule is CCOCc1ccsc1S(=O)(=O)NC(=O)Nc1nc(OC)cc(OC)n1. The number of hydrogen-bond acceptors (Lipinski definition) is 9. The second-order valence-corrected chi connectivity index (χ2v) is 7.50. The van der Waals surface area contributed by atoms with Crippen molar-refractivity contribution in [2.24, 2.45) is 0 Å². The Morgan fingerprint density at radius 3 is 2.46 bits per heavy atom. The van der Waals surface area contributed by atoms with Crippen LogP contribution in [0.1, 0.15) is 12.5 Å². The lowest BCUT2D eigenvalue weighted by Gasteiger charge is -2.10. The van der Waals surface area contributed by atoms with Gasteiger partial charge in [0.05, 0.1) is 26.9 Å². The van der Waals surface area contributed by atoms with Gasteiger partial charge in [0.15, 0.2) is 0 Å². The number of nitrogens with zero attached hydrogens (tertiary/aromatic N) is 2. The normalized spacial score (nSPS) is 11.0. The van der Waals surface area contributed by atoms with Gasteiger partial charge < -0.3 is 14.2 Å². The zero-order chi connectivity index (χ0) is 19.2. The Morgan fingerprint density at radius 1 is 1.23 bits per heavy atom. The number of nitrogens with one attached hydrogen (secondary N) is 2. The van der Waals surface area contributed by atoms with Crippen molar-refractivity contribution >= 4 is 33.3 Å². The van der Waals surface area contributed by atoms with Crippen LogP contribution in [0.5, 0.6) is 11.8 Å². The Morgan fingerprint density at radius 2 is 1.88 bits per heavy atom. The summed E-state index contributed by atoms with van der Waals surface area (Å²) in [6, 6.07) is 2.02. The third-order valence-corrected chi connectivity index (χ3v) is 5.86. The minimum atomic E-state index is -4.07. The highest BCUT2D eigenvalue weighted by Gasteiger charge is 2.23. The molecule has 142 valence electrons. The fourth-order valence-electron chi connectivity index (χ4n) is 1.84. The molecule has 2 rings (SSSR count). The number of aromatic nitrogens is 2. The molecule has 26 heavy (non-hydrogen) atoms. The van der Waals surface area contributed by atoms with Crippen LogP contribution in [0.15, 0.2) is 21.7 Å². The van der Waals surface area contributed by atoms with Gasteiger partial charge >= 0.3 is 6.03 Å². The van der Waals surface area contributed by atoms with Gasteiger partial charge in [-0.05, 0) is 18.4 Å². The molecule has 0 spiro atoms. The van der Waals surface area contributed by atoms with E-state index in [2.05, 4.69) is 15.3 Å². The smallest absolute Gasteiger partial charge is 0.335 e. The number of urea groups is 1. The Hall–Kier alpha value is -2.44. The summed E-state index contributed by atoms with van der Waals surface area (Å²) in [5, 5.41) is 3.84. The first-order valence-electron chi connectivity index (χ1n) is 7.34. The maximum Gasteiger partial charge on any atom is 0.335 e. The molecule has 2 heterocycles. The second kappa shape index (κ2) is 8.78. The van der Waals surface area contributed by atoms with Crippen molar-refractivity contribution in [3.63, 3.8) is 0 Å². The van der Waals surface area contributed by atoms with E-state index in [1.165, 1.54) is 20.3 Å². The molecular weight excluding hydrogens is 384 g/mol. The van der Waals surface area contributed by atoms with E-state index in [1.54, 1.807) is 18.4 Å². The quantitative estimate of drug-likeness (QED) is 0.681. The van der Waals surface area contributed by atoms with Gasteiger partial charge in [0.1, 0.15) is 4.21 Å². The van der Waals surface area contributed by atoms with E-state index in [0.717, 1.165) is 11.3 Å². The van der Waals surface area contributed by atoms with Crippen LogP contribution in [-0.2, 0) is 21.4 Å². The molecule has 0 radical (unpaired) electrons. The lowest BCUT2D eigenvalue weighted by Crippen LogP contribution is -2.35. The number of sulfonamides is 1.